The SMILES string of the molecule is CC1CC(C(=O)O)CN(C(=O)c2ccn(-c3ccc([N+](=O)[O-])cc3)n2)C1. The van der Waals surface area contributed by atoms with E-state index in [-0.39, 0.29) is 29.8 Å². The van der Waals surface area contributed by atoms with Crippen LogP contribution in [0.3, 0.4) is 0 Å². The van der Waals surface area contributed by atoms with Crippen molar-refractivity contribution in [3.63, 3.8) is 0 Å². The highest BCUT2D eigenvalue weighted by molar-refractivity contribution is 5.92. The molecule has 0 radical (unpaired) electrons. The minimum atomic E-state index is -0.897. The van der Waals surface area contributed by atoms with Crippen LogP contribution in [0.4, 0.5) is 5.69 Å². The van der Waals surface area contributed by atoms with Crippen LogP contribution in [0, 0.1) is 22.0 Å². The van der Waals surface area contributed by atoms with Gasteiger partial charge in [-0.3, -0.25) is 19.7 Å². The number of non-ortho nitro benzene ring substituents is 1. The third kappa shape index (κ3) is 3.56. The van der Waals surface area contributed by atoms with E-state index in [4.69, 9.17) is 0 Å². The zero-order valence-corrected chi connectivity index (χ0v) is 14.1. The summed E-state index contributed by atoms with van der Waals surface area (Å²) in [7, 11) is 0. The van der Waals surface area contributed by atoms with Gasteiger partial charge < -0.3 is 10.0 Å². The van der Waals surface area contributed by atoms with Crippen LogP contribution in [0.5, 0.6) is 0 Å². The molecule has 0 aliphatic carbocycles. The van der Waals surface area contributed by atoms with Crippen LogP contribution in [0.15, 0.2) is 36.5 Å². The molecule has 3 rings (SSSR count). The number of carboxylic acid groups (broad SMARTS) is 1. The van der Waals surface area contributed by atoms with Crippen molar-refractivity contribution < 1.29 is 19.6 Å². The number of benzene rings is 1. The van der Waals surface area contributed by atoms with Crippen LogP contribution >= 0.6 is 0 Å². The number of aliphatic carboxylic acids is 1. The standard InChI is InChI=1S/C17H18N4O5/c1-11-8-12(17(23)24)10-19(9-11)16(22)15-6-7-20(18-15)13-2-4-14(5-3-13)21(25)26/h2-7,11-12H,8-10H2,1H3,(H,23,24). The maximum absolute atomic E-state index is 12.7. The molecule has 1 aromatic carbocycles. The molecular formula is C17H18N4O5. The van der Waals surface area contributed by atoms with Crippen LogP contribution in [0.1, 0.15) is 23.8 Å². The van der Waals surface area contributed by atoms with E-state index < -0.39 is 16.8 Å². The van der Waals surface area contributed by atoms with E-state index in [1.54, 1.807) is 24.4 Å². The van der Waals surface area contributed by atoms with Crippen molar-refractivity contribution in [2.75, 3.05) is 13.1 Å². The summed E-state index contributed by atoms with van der Waals surface area (Å²) in [4.78, 5) is 35.7. The summed E-state index contributed by atoms with van der Waals surface area (Å²) in [5.41, 5.74) is 0.769. The second-order valence-electron chi connectivity index (χ2n) is 6.51. The first-order chi connectivity index (χ1) is 12.3. The van der Waals surface area contributed by atoms with Crippen LogP contribution in [-0.4, -0.2) is 49.7 Å². The minimum Gasteiger partial charge on any atom is -0.481 e. The summed E-state index contributed by atoms with van der Waals surface area (Å²) in [6, 6.07) is 7.37. The smallest absolute Gasteiger partial charge is 0.308 e. The number of hydrogen-bond acceptors (Lipinski definition) is 5. The van der Waals surface area contributed by atoms with Gasteiger partial charge in [-0.1, -0.05) is 6.92 Å². The summed E-state index contributed by atoms with van der Waals surface area (Å²) >= 11 is 0. The Morgan fingerprint density at radius 1 is 1.23 bits per heavy atom. The van der Waals surface area contributed by atoms with Gasteiger partial charge in [0.25, 0.3) is 11.6 Å². The van der Waals surface area contributed by atoms with Gasteiger partial charge in [-0.25, -0.2) is 4.68 Å². The minimum absolute atomic E-state index is 0.0285. The third-order valence-electron chi connectivity index (χ3n) is 4.43. The summed E-state index contributed by atoms with van der Waals surface area (Å²) in [6.07, 6.45) is 2.15. The molecule has 2 heterocycles. The zero-order valence-electron chi connectivity index (χ0n) is 14.1. The van der Waals surface area contributed by atoms with Crippen molar-refractivity contribution in [3.8, 4) is 5.69 Å². The molecule has 1 amide bonds. The van der Waals surface area contributed by atoms with Crippen molar-refractivity contribution in [1.82, 2.24) is 14.7 Å². The van der Waals surface area contributed by atoms with Gasteiger partial charge in [-0.15, -0.1) is 0 Å². The molecule has 9 heteroatoms. The fourth-order valence-corrected chi connectivity index (χ4v) is 3.17. The molecule has 1 saturated heterocycles. The van der Waals surface area contributed by atoms with E-state index in [1.807, 2.05) is 6.92 Å². The van der Waals surface area contributed by atoms with Gasteiger partial charge in [-0.05, 0) is 30.5 Å². The Balaban J connectivity index is 1.77. The van der Waals surface area contributed by atoms with Crippen LogP contribution in [0.2, 0.25) is 0 Å². The number of nitro benzene ring substituents is 1. The summed E-state index contributed by atoms with van der Waals surface area (Å²) in [6.45, 7) is 2.58. The van der Waals surface area contributed by atoms with E-state index in [0.717, 1.165) is 0 Å². The Labute approximate surface area is 149 Å². The zero-order chi connectivity index (χ0) is 18.8. The second-order valence-corrected chi connectivity index (χ2v) is 6.51. The van der Waals surface area contributed by atoms with Crippen LogP contribution < -0.4 is 0 Å². The number of nitro groups is 1. The Morgan fingerprint density at radius 2 is 1.92 bits per heavy atom. The molecule has 2 atom stereocenters. The Kier molecular flexibility index (Phi) is 4.70. The van der Waals surface area contributed by atoms with Crippen molar-refractivity contribution in [1.29, 1.82) is 0 Å². The lowest BCUT2D eigenvalue weighted by atomic mass is 9.90. The largest absolute Gasteiger partial charge is 0.481 e. The molecule has 1 N–H and O–H groups in total. The van der Waals surface area contributed by atoms with E-state index in [0.29, 0.717) is 18.7 Å². The Morgan fingerprint density at radius 3 is 2.54 bits per heavy atom. The Bertz CT molecular complexity index is 845. The number of aromatic nitrogens is 2. The number of piperidine rings is 1. The predicted molar refractivity (Wildman–Crippen MR) is 91.0 cm³/mol. The molecule has 2 unspecified atom stereocenters. The monoisotopic (exact) mass is 358 g/mol. The first-order valence-corrected chi connectivity index (χ1v) is 8.17. The highest BCUT2D eigenvalue weighted by atomic mass is 16.6. The van der Waals surface area contributed by atoms with Gasteiger partial charge in [0.05, 0.1) is 16.5 Å². The van der Waals surface area contributed by atoms with Crippen molar-refractivity contribution in [2.24, 2.45) is 11.8 Å². The molecular weight excluding hydrogens is 340 g/mol. The molecule has 9 nitrogen and oxygen atoms in total. The van der Waals surface area contributed by atoms with Crippen LogP contribution in [-0.2, 0) is 4.79 Å². The molecule has 1 aliphatic rings. The number of nitrogens with zero attached hydrogens (tertiary/aromatic N) is 4. The fraction of sp³-hybridized carbons (Fsp3) is 0.353. The quantitative estimate of drug-likeness (QED) is 0.659. The van der Waals surface area contributed by atoms with Gasteiger partial charge in [0.15, 0.2) is 5.69 Å². The van der Waals surface area contributed by atoms with Crippen molar-refractivity contribution in [2.45, 2.75) is 13.3 Å². The molecule has 0 bridgehead atoms. The lowest BCUT2D eigenvalue weighted by molar-refractivity contribution is -0.384. The molecule has 26 heavy (non-hydrogen) atoms. The third-order valence-corrected chi connectivity index (χ3v) is 4.43. The molecule has 1 aromatic heterocycles. The average Bonchev–Trinajstić information content (AvgIpc) is 3.10. The van der Waals surface area contributed by atoms with Gasteiger partial charge in [0, 0.05) is 31.4 Å². The summed E-state index contributed by atoms with van der Waals surface area (Å²) < 4.78 is 1.46. The first kappa shape index (κ1) is 17.6. The summed E-state index contributed by atoms with van der Waals surface area (Å²) in [5, 5.41) is 24.2. The number of hydrogen-bond donors (Lipinski definition) is 1. The Hall–Kier alpha value is -3.23. The molecule has 1 fully saturated rings. The molecule has 1 aliphatic heterocycles. The van der Waals surface area contributed by atoms with Gasteiger partial charge in [0.2, 0.25) is 0 Å². The number of rotatable bonds is 4. The maximum atomic E-state index is 12.7. The molecule has 0 saturated carbocycles. The highest BCUT2D eigenvalue weighted by Gasteiger charge is 2.33. The van der Waals surface area contributed by atoms with E-state index in [2.05, 4.69) is 5.10 Å². The maximum Gasteiger partial charge on any atom is 0.308 e. The van der Waals surface area contributed by atoms with Crippen LogP contribution in [0.25, 0.3) is 5.69 Å². The van der Waals surface area contributed by atoms with E-state index >= 15 is 0 Å². The normalized spacial score (nSPS) is 20.0. The number of carbonyl (C=O) groups excluding carboxylic acids is 1. The van der Waals surface area contributed by atoms with Gasteiger partial charge in [0.1, 0.15) is 0 Å². The predicted octanol–water partition coefficient (Wildman–Crippen LogP) is 1.96. The highest BCUT2D eigenvalue weighted by Crippen LogP contribution is 2.23. The van der Waals surface area contributed by atoms with E-state index in [1.165, 1.54) is 21.7 Å². The first-order valence-electron chi connectivity index (χ1n) is 8.17. The second kappa shape index (κ2) is 6.95. The molecule has 0 spiro atoms. The number of carbonyl (C=O) groups is 2. The van der Waals surface area contributed by atoms with Crippen molar-refractivity contribution >= 4 is 17.6 Å². The number of likely N-dealkylation sites (tertiary alicyclic amines) is 1. The molecule has 136 valence electrons. The average molecular weight is 358 g/mol. The fourth-order valence-electron chi connectivity index (χ4n) is 3.17. The number of carboxylic acids is 1. The van der Waals surface area contributed by atoms with E-state index in [9.17, 15) is 24.8 Å². The lowest BCUT2D eigenvalue weighted by Gasteiger charge is -2.34. The number of amides is 1. The van der Waals surface area contributed by atoms with Gasteiger partial charge in [-0.2, -0.15) is 5.10 Å². The summed E-state index contributed by atoms with van der Waals surface area (Å²) in [5.74, 6) is -1.68. The molecule has 2 aromatic rings. The lowest BCUT2D eigenvalue weighted by Crippen LogP contribution is -2.45. The van der Waals surface area contributed by atoms with Gasteiger partial charge >= 0.3 is 5.97 Å². The topological polar surface area (TPSA) is 119 Å². The van der Waals surface area contributed by atoms with Crippen molar-refractivity contribution in [3.05, 3.63) is 52.3 Å².